The van der Waals surface area contributed by atoms with E-state index in [0.29, 0.717) is 12.5 Å². The van der Waals surface area contributed by atoms with Gasteiger partial charge in [0, 0.05) is 13.1 Å². The predicted molar refractivity (Wildman–Crippen MR) is 107 cm³/mol. The van der Waals surface area contributed by atoms with Crippen molar-refractivity contribution in [2.24, 2.45) is 4.99 Å². The lowest BCUT2D eigenvalue weighted by Crippen LogP contribution is -2.38. The number of carbonyl (C=O) groups is 1. The molecule has 1 aromatic carbocycles. The molecule has 0 aliphatic rings. The Morgan fingerprint density at radius 2 is 2.00 bits per heavy atom. The highest BCUT2D eigenvalue weighted by molar-refractivity contribution is 14.0. The molecule has 0 heterocycles. The van der Waals surface area contributed by atoms with Gasteiger partial charge in [-0.25, -0.2) is 0 Å². The number of ether oxygens (including phenoxy) is 2. The fraction of sp³-hybridized carbons (Fsp3) is 0.529. The number of nitrogens with one attached hydrogen (secondary N) is 2. The number of hydrogen-bond acceptors (Lipinski definition) is 4. The molecule has 136 valence electrons. The molecule has 0 spiro atoms. The van der Waals surface area contributed by atoms with Crippen LogP contribution in [0.1, 0.15) is 24.5 Å². The molecule has 0 aliphatic heterocycles. The lowest BCUT2D eigenvalue weighted by molar-refractivity contribution is -0.140. The van der Waals surface area contributed by atoms with E-state index in [-0.39, 0.29) is 36.4 Å². The second kappa shape index (κ2) is 12.9. The second-order valence-corrected chi connectivity index (χ2v) is 5.07. The van der Waals surface area contributed by atoms with Crippen LogP contribution in [-0.2, 0) is 16.0 Å². The summed E-state index contributed by atoms with van der Waals surface area (Å²) in [7, 11) is 3.06. The molecule has 2 N–H and O–H groups in total. The van der Waals surface area contributed by atoms with Gasteiger partial charge in [0.1, 0.15) is 5.75 Å². The minimum absolute atomic E-state index is 0. The van der Waals surface area contributed by atoms with E-state index < -0.39 is 0 Å². The molecule has 1 aromatic rings. The largest absolute Gasteiger partial charge is 0.496 e. The summed E-state index contributed by atoms with van der Waals surface area (Å²) < 4.78 is 9.94. The maximum atomic E-state index is 11.1. The molecule has 24 heavy (non-hydrogen) atoms. The summed E-state index contributed by atoms with van der Waals surface area (Å²) in [5, 5.41) is 6.41. The Balaban J connectivity index is 0.00000529. The summed E-state index contributed by atoms with van der Waals surface area (Å²) in [5.41, 5.74) is 2.33. The van der Waals surface area contributed by atoms with E-state index in [4.69, 9.17) is 4.74 Å². The van der Waals surface area contributed by atoms with Gasteiger partial charge in [0.25, 0.3) is 0 Å². The monoisotopic (exact) mass is 449 g/mol. The summed E-state index contributed by atoms with van der Waals surface area (Å²) in [5.74, 6) is 1.35. The Hall–Kier alpha value is -1.51. The fourth-order valence-corrected chi connectivity index (χ4v) is 2.05. The van der Waals surface area contributed by atoms with Crippen LogP contribution in [0.15, 0.2) is 23.2 Å². The van der Waals surface area contributed by atoms with E-state index in [1.54, 1.807) is 7.11 Å². The molecule has 7 heteroatoms. The van der Waals surface area contributed by atoms with Crippen LogP contribution in [0, 0.1) is 6.92 Å². The van der Waals surface area contributed by atoms with Crippen molar-refractivity contribution in [3.05, 3.63) is 29.3 Å². The highest BCUT2D eigenvalue weighted by Crippen LogP contribution is 2.18. The summed E-state index contributed by atoms with van der Waals surface area (Å²) in [4.78, 5) is 15.4. The van der Waals surface area contributed by atoms with Gasteiger partial charge >= 0.3 is 5.97 Å². The third-order valence-electron chi connectivity index (χ3n) is 3.34. The van der Waals surface area contributed by atoms with Crippen molar-refractivity contribution in [3.8, 4) is 5.75 Å². The lowest BCUT2D eigenvalue weighted by Gasteiger charge is -2.12. The van der Waals surface area contributed by atoms with E-state index in [1.807, 2.05) is 13.8 Å². The minimum Gasteiger partial charge on any atom is -0.496 e. The Bertz CT molecular complexity index is 536. The summed E-state index contributed by atoms with van der Waals surface area (Å²) in [6, 6.07) is 6.21. The highest BCUT2D eigenvalue weighted by atomic mass is 127. The van der Waals surface area contributed by atoms with Crippen molar-refractivity contribution in [1.29, 1.82) is 0 Å². The van der Waals surface area contributed by atoms with Gasteiger partial charge in [0.2, 0.25) is 0 Å². The highest BCUT2D eigenvalue weighted by Gasteiger charge is 2.03. The maximum Gasteiger partial charge on any atom is 0.307 e. The molecular formula is C17H28IN3O3. The SMILES string of the molecule is CCNC(=NCCC(=O)OC)NCCc1ccc(C)c(OC)c1.I. The smallest absolute Gasteiger partial charge is 0.307 e. The number of methoxy groups -OCH3 is 2. The molecule has 0 saturated heterocycles. The topological polar surface area (TPSA) is 72.0 Å². The first-order valence-electron chi connectivity index (χ1n) is 7.83. The van der Waals surface area contributed by atoms with Gasteiger partial charge in [0.15, 0.2) is 5.96 Å². The number of rotatable bonds is 8. The normalized spacial score (nSPS) is 10.6. The van der Waals surface area contributed by atoms with E-state index in [2.05, 4.69) is 38.6 Å². The fourth-order valence-electron chi connectivity index (χ4n) is 2.05. The van der Waals surface area contributed by atoms with E-state index in [0.717, 1.165) is 30.8 Å². The van der Waals surface area contributed by atoms with Gasteiger partial charge in [-0.05, 0) is 37.5 Å². The van der Waals surface area contributed by atoms with Gasteiger partial charge in [-0.15, -0.1) is 24.0 Å². The molecule has 0 unspecified atom stereocenters. The Morgan fingerprint density at radius 3 is 2.62 bits per heavy atom. The number of aryl methyl sites for hydroxylation is 1. The number of carbonyl (C=O) groups excluding carboxylic acids is 1. The quantitative estimate of drug-likeness (QED) is 0.276. The summed E-state index contributed by atoms with van der Waals surface area (Å²) in [6.45, 7) is 5.94. The van der Waals surface area contributed by atoms with Crippen molar-refractivity contribution < 1.29 is 14.3 Å². The number of aliphatic imine (C=N–C) groups is 1. The number of nitrogens with zero attached hydrogens (tertiary/aromatic N) is 1. The molecule has 0 radical (unpaired) electrons. The van der Waals surface area contributed by atoms with Crippen LogP contribution < -0.4 is 15.4 Å². The number of guanidine groups is 1. The van der Waals surface area contributed by atoms with Gasteiger partial charge < -0.3 is 20.1 Å². The first-order valence-corrected chi connectivity index (χ1v) is 7.83. The van der Waals surface area contributed by atoms with Crippen molar-refractivity contribution >= 4 is 35.9 Å². The number of benzene rings is 1. The molecule has 6 nitrogen and oxygen atoms in total. The van der Waals surface area contributed by atoms with E-state index >= 15 is 0 Å². The van der Waals surface area contributed by atoms with Crippen molar-refractivity contribution in [1.82, 2.24) is 10.6 Å². The first-order chi connectivity index (χ1) is 11.1. The number of hydrogen-bond donors (Lipinski definition) is 2. The number of halogens is 1. The van der Waals surface area contributed by atoms with Crippen LogP contribution in [-0.4, -0.2) is 45.8 Å². The third kappa shape index (κ3) is 8.37. The lowest BCUT2D eigenvalue weighted by atomic mass is 10.1. The minimum atomic E-state index is -0.253. The van der Waals surface area contributed by atoms with Gasteiger partial charge in [-0.3, -0.25) is 9.79 Å². The van der Waals surface area contributed by atoms with Gasteiger partial charge in [0.05, 0.1) is 27.2 Å². The Morgan fingerprint density at radius 1 is 1.25 bits per heavy atom. The summed E-state index contributed by atoms with van der Waals surface area (Å²) >= 11 is 0. The number of esters is 1. The average Bonchev–Trinajstić information content (AvgIpc) is 2.56. The van der Waals surface area contributed by atoms with Crippen molar-refractivity contribution in [2.75, 3.05) is 33.9 Å². The van der Waals surface area contributed by atoms with Crippen LogP contribution >= 0.6 is 24.0 Å². The zero-order chi connectivity index (χ0) is 17.1. The van der Waals surface area contributed by atoms with Crippen LogP contribution in [0.25, 0.3) is 0 Å². The molecule has 0 aromatic heterocycles. The van der Waals surface area contributed by atoms with Gasteiger partial charge in [-0.1, -0.05) is 12.1 Å². The van der Waals surface area contributed by atoms with Crippen LogP contribution in [0.3, 0.4) is 0 Å². The van der Waals surface area contributed by atoms with Crippen molar-refractivity contribution in [3.63, 3.8) is 0 Å². The average molecular weight is 449 g/mol. The molecule has 0 aliphatic carbocycles. The van der Waals surface area contributed by atoms with Crippen LogP contribution in [0.4, 0.5) is 0 Å². The Labute approximate surface area is 161 Å². The van der Waals surface area contributed by atoms with Crippen LogP contribution in [0.5, 0.6) is 5.75 Å². The molecular weight excluding hydrogens is 421 g/mol. The third-order valence-corrected chi connectivity index (χ3v) is 3.34. The standard InChI is InChI=1S/C17H27N3O3.HI/c1-5-18-17(20-11-9-16(21)23-4)19-10-8-14-7-6-13(2)15(12-14)22-3;/h6-7,12H,5,8-11H2,1-4H3,(H2,18,19,20);1H. The zero-order valence-corrected chi connectivity index (χ0v) is 17.2. The Kier molecular flexibility index (Phi) is 12.0. The molecule has 1 rings (SSSR count). The molecule has 0 atom stereocenters. The molecule has 0 amide bonds. The first kappa shape index (κ1) is 22.5. The van der Waals surface area contributed by atoms with E-state index in [9.17, 15) is 4.79 Å². The zero-order valence-electron chi connectivity index (χ0n) is 14.8. The van der Waals surface area contributed by atoms with Crippen molar-refractivity contribution in [2.45, 2.75) is 26.7 Å². The molecule has 0 bridgehead atoms. The predicted octanol–water partition coefficient (Wildman–Crippen LogP) is 2.28. The van der Waals surface area contributed by atoms with E-state index in [1.165, 1.54) is 12.7 Å². The van der Waals surface area contributed by atoms with Gasteiger partial charge in [-0.2, -0.15) is 0 Å². The maximum absolute atomic E-state index is 11.1. The summed E-state index contributed by atoms with van der Waals surface area (Å²) in [6.07, 6.45) is 1.14. The second-order valence-electron chi connectivity index (χ2n) is 5.07. The van der Waals surface area contributed by atoms with Crippen LogP contribution in [0.2, 0.25) is 0 Å². The molecule has 0 saturated carbocycles. The molecule has 0 fully saturated rings.